The molecule has 2 aromatic rings. The summed E-state index contributed by atoms with van der Waals surface area (Å²) >= 11 is 1.62. The van der Waals surface area contributed by atoms with Crippen LogP contribution in [-0.4, -0.2) is 17.6 Å². The zero-order valence-corrected chi connectivity index (χ0v) is 12.8. The van der Waals surface area contributed by atoms with Crippen molar-refractivity contribution in [1.29, 1.82) is 0 Å². The molecule has 1 aromatic carbocycles. The predicted octanol–water partition coefficient (Wildman–Crippen LogP) is 2.89. The van der Waals surface area contributed by atoms with Crippen molar-refractivity contribution < 1.29 is 9.90 Å². The smallest absolute Gasteiger partial charge is 0.251 e. The summed E-state index contributed by atoms with van der Waals surface area (Å²) in [6.07, 6.45) is 0. The number of aliphatic hydroxyl groups is 1. The third-order valence-corrected chi connectivity index (χ3v) is 4.17. The monoisotopic (exact) mass is 299 g/mol. The van der Waals surface area contributed by atoms with Crippen LogP contribution in [0.1, 0.15) is 39.3 Å². The molecule has 1 unspecified atom stereocenters. The molecule has 0 spiro atoms. The van der Waals surface area contributed by atoms with Crippen molar-refractivity contribution in [2.24, 2.45) is 0 Å². The van der Waals surface area contributed by atoms with E-state index in [9.17, 15) is 4.79 Å². The summed E-state index contributed by atoms with van der Waals surface area (Å²) in [7, 11) is 0. The van der Waals surface area contributed by atoms with Crippen LogP contribution in [0.25, 0.3) is 0 Å². The summed E-state index contributed by atoms with van der Waals surface area (Å²) in [5.74, 6) is 5.35. The Morgan fingerprint density at radius 1 is 1.43 bits per heavy atom. The topological polar surface area (TPSA) is 49.3 Å². The van der Waals surface area contributed by atoms with Crippen molar-refractivity contribution in [3.8, 4) is 11.8 Å². The van der Waals surface area contributed by atoms with Crippen LogP contribution < -0.4 is 5.32 Å². The van der Waals surface area contributed by atoms with Gasteiger partial charge in [0.15, 0.2) is 0 Å². The van der Waals surface area contributed by atoms with Crippen molar-refractivity contribution in [3.63, 3.8) is 0 Å². The molecule has 0 bridgehead atoms. The molecule has 0 aliphatic heterocycles. The summed E-state index contributed by atoms with van der Waals surface area (Å²) in [6.45, 7) is 3.70. The molecule has 1 atom stereocenters. The molecule has 21 heavy (non-hydrogen) atoms. The van der Waals surface area contributed by atoms with E-state index in [1.54, 1.807) is 23.5 Å². The van der Waals surface area contributed by atoms with Gasteiger partial charge in [-0.3, -0.25) is 4.79 Å². The Labute approximate surface area is 128 Å². The van der Waals surface area contributed by atoms with Gasteiger partial charge in [0.2, 0.25) is 0 Å². The lowest BCUT2D eigenvalue weighted by Gasteiger charge is -2.12. The highest BCUT2D eigenvalue weighted by molar-refractivity contribution is 7.10. The van der Waals surface area contributed by atoms with Crippen LogP contribution in [0.2, 0.25) is 0 Å². The molecule has 3 nitrogen and oxygen atoms in total. The first-order valence-electron chi connectivity index (χ1n) is 6.66. The molecular formula is C17H17NO2S. The van der Waals surface area contributed by atoms with E-state index < -0.39 is 0 Å². The number of hydrogen-bond donors (Lipinski definition) is 2. The third-order valence-electron chi connectivity index (χ3n) is 3.12. The van der Waals surface area contributed by atoms with Gasteiger partial charge < -0.3 is 10.4 Å². The Kier molecular flexibility index (Phi) is 5.15. The molecule has 0 fully saturated rings. The second-order valence-corrected chi connectivity index (χ2v) is 5.68. The molecule has 0 aliphatic carbocycles. The highest BCUT2D eigenvalue weighted by Gasteiger charge is 2.12. The highest BCUT2D eigenvalue weighted by Crippen LogP contribution is 2.19. The van der Waals surface area contributed by atoms with Crippen molar-refractivity contribution >= 4 is 17.2 Å². The number of thiophene rings is 1. The number of carbonyl (C=O) groups excluding carboxylic acids is 1. The van der Waals surface area contributed by atoms with E-state index in [1.165, 1.54) is 0 Å². The molecule has 1 aromatic heterocycles. The van der Waals surface area contributed by atoms with Gasteiger partial charge in [-0.1, -0.05) is 24.0 Å². The lowest BCUT2D eigenvalue weighted by atomic mass is 10.0. The predicted molar refractivity (Wildman–Crippen MR) is 85.3 cm³/mol. The third kappa shape index (κ3) is 3.94. The lowest BCUT2D eigenvalue weighted by Crippen LogP contribution is -2.26. The summed E-state index contributed by atoms with van der Waals surface area (Å²) in [6, 6.07) is 9.36. The molecule has 0 saturated heterocycles. The van der Waals surface area contributed by atoms with Crippen molar-refractivity contribution in [1.82, 2.24) is 5.32 Å². The average Bonchev–Trinajstić information content (AvgIpc) is 3.00. The zero-order chi connectivity index (χ0) is 15.2. The van der Waals surface area contributed by atoms with E-state index in [2.05, 4.69) is 17.2 Å². The maximum absolute atomic E-state index is 12.3. The maximum atomic E-state index is 12.3. The van der Waals surface area contributed by atoms with Gasteiger partial charge in [-0.15, -0.1) is 11.3 Å². The van der Waals surface area contributed by atoms with Gasteiger partial charge >= 0.3 is 0 Å². The Balaban J connectivity index is 2.16. The maximum Gasteiger partial charge on any atom is 0.251 e. The average molecular weight is 299 g/mol. The minimum atomic E-state index is -0.189. The van der Waals surface area contributed by atoms with Crippen molar-refractivity contribution in [2.45, 2.75) is 19.9 Å². The Bertz CT molecular complexity index is 681. The molecule has 4 heteroatoms. The second kappa shape index (κ2) is 7.07. The van der Waals surface area contributed by atoms with E-state index in [0.29, 0.717) is 5.56 Å². The first-order valence-corrected chi connectivity index (χ1v) is 7.54. The van der Waals surface area contributed by atoms with Gasteiger partial charge in [0.05, 0.1) is 6.04 Å². The van der Waals surface area contributed by atoms with E-state index in [4.69, 9.17) is 5.11 Å². The zero-order valence-electron chi connectivity index (χ0n) is 12.0. The normalized spacial score (nSPS) is 11.4. The van der Waals surface area contributed by atoms with Gasteiger partial charge in [0, 0.05) is 16.0 Å². The molecule has 2 rings (SSSR count). The molecule has 0 aliphatic rings. The first kappa shape index (κ1) is 15.3. The van der Waals surface area contributed by atoms with Crippen LogP contribution in [0.15, 0.2) is 35.7 Å². The highest BCUT2D eigenvalue weighted by atomic mass is 32.1. The fourth-order valence-electron chi connectivity index (χ4n) is 1.92. The number of amides is 1. The minimum absolute atomic E-state index is 0.0224. The van der Waals surface area contributed by atoms with Crippen molar-refractivity contribution in [2.75, 3.05) is 6.61 Å². The van der Waals surface area contributed by atoms with Crippen LogP contribution in [0, 0.1) is 18.8 Å². The molecule has 2 N–H and O–H groups in total. The van der Waals surface area contributed by atoms with E-state index in [1.807, 2.05) is 37.4 Å². The standard InChI is InChI=1S/C17H17NO2S/c1-12-7-8-15(11-14(12)5-3-9-19)17(20)18-13(2)16-6-4-10-21-16/h4,6-8,10-11,13,19H,9H2,1-2H3,(H,18,20). The van der Waals surface area contributed by atoms with Crippen LogP contribution in [0.3, 0.4) is 0 Å². The molecule has 108 valence electrons. The Hall–Kier alpha value is -2.09. The summed E-state index contributed by atoms with van der Waals surface area (Å²) in [5, 5.41) is 13.7. The van der Waals surface area contributed by atoms with E-state index >= 15 is 0 Å². The number of nitrogens with one attached hydrogen (secondary N) is 1. The molecular weight excluding hydrogens is 282 g/mol. The Morgan fingerprint density at radius 2 is 2.24 bits per heavy atom. The van der Waals surface area contributed by atoms with Crippen LogP contribution in [0.5, 0.6) is 0 Å². The quantitative estimate of drug-likeness (QED) is 0.856. The number of benzene rings is 1. The first-order chi connectivity index (χ1) is 10.1. The fourth-order valence-corrected chi connectivity index (χ4v) is 2.66. The van der Waals surface area contributed by atoms with Gasteiger partial charge in [0.25, 0.3) is 5.91 Å². The summed E-state index contributed by atoms with van der Waals surface area (Å²) < 4.78 is 0. The van der Waals surface area contributed by atoms with Gasteiger partial charge in [-0.25, -0.2) is 0 Å². The lowest BCUT2D eigenvalue weighted by molar-refractivity contribution is 0.0940. The van der Waals surface area contributed by atoms with Crippen LogP contribution in [0.4, 0.5) is 0 Å². The van der Waals surface area contributed by atoms with Gasteiger partial charge in [-0.2, -0.15) is 0 Å². The van der Waals surface area contributed by atoms with E-state index in [0.717, 1.165) is 16.0 Å². The van der Waals surface area contributed by atoms with Crippen LogP contribution >= 0.6 is 11.3 Å². The number of rotatable bonds is 3. The fraction of sp³-hybridized carbons (Fsp3) is 0.235. The summed E-state index contributed by atoms with van der Waals surface area (Å²) in [5.41, 5.74) is 2.32. The molecule has 1 heterocycles. The van der Waals surface area contributed by atoms with Crippen molar-refractivity contribution in [3.05, 3.63) is 57.3 Å². The summed E-state index contributed by atoms with van der Waals surface area (Å²) in [4.78, 5) is 13.4. The van der Waals surface area contributed by atoms with E-state index in [-0.39, 0.29) is 18.6 Å². The van der Waals surface area contributed by atoms with Gasteiger partial charge in [-0.05, 0) is 43.0 Å². The largest absolute Gasteiger partial charge is 0.384 e. The number of carbonyl (C=O) groups is 1. The molecule has 1 amide bonds. The van der Waals surface area contributed by atoms with Gasteiger partial charge in [0.1, 0.15) is 6.61 Å². The molecule has 0 radical (unpaired) electrons. The molecule has 0 saturated carbocycles. The Morgan fingerprint density at radius 3 is 2.90 bits per heavy atom. The number of aliphatic hydroxyl groups excluding tert-OH is 1. The number of hydrogen-bond acceptors (Lipinski definition) is 3. The van der Waals surface area contributed by atoms with Crippen LogP contribution in [-0.2, 0) is 0 Å². The SMILES string of the molecule is Cc1ccc(C(=O)NC(C)c2cccs2)cc1C#CCO. The minimum Gasteiger partial charge on any atom is -0.384 e. The number of aryl methyl sites for hydroxylation is 1. The second-order valence-electron chi connectivity index (χ2n) is 4.70.